The van der Waals surface area contributed by atoms with Crippen molar-refractivity contribution >= 4 is 17.4 Å². The zero-order valence-electron chi connectivity index (χ0n) is 8.31. The third kappa shape index (κ3) is 2.27. The largest absolute Gasteiger partial charge is 0.373 e. The molecule has 0 spiro atoms. The maximum Gasteiger partial charge on any atom is 0.126 e. The molecule has 15 heavy (non-hydrogen) atoms. The van der Waals surface area contributed by atoms with Crippen molar-refractivity contribution in [3.8, 4) is 0 Å². The fraction of sp³-hybridized carbons (Fsp3) is 0.200. The second kappa shape index (κ2) is 4.31. The Balaban J connectivity index is 2.27. The Kier molecular flexibility index (Phi) is 2.87. The van der Waals surface area contributed by atoms with Crippen molar-refractivity contribution in [1.29, 1.82) is 0 Å². The van der Waals surface area contributed by atoms with Crippen LogP contribution in [0, 0.1) is 0 Å². The van der Waals surface area contributed by atoms with E-state index in [-0.39, 0.29) is 0 Å². The van der Waals surface area contributed by atoms with Gasteiger partial charge in [0.1, 0.15) is 5.82 Å². The Morgan fingerprint density at radius 3 is 3.00 bits per heavy atom. The van der Waals surface area contributed by atoms with Crippen molar-refractivity contribution < 1.29 is 0 Å². The number of aromatic nitrogens is 3. The fourth-order valence-corrected chi connectivity index (χ4v) is 1.45. The van der Waals surface area contributed by atoms with Crippen LogP contribution in [0.4, 0.5) is 5.82 Å². The second-order valence-electron chi connectivity index (χ2n) is 3.08. The Bertz CT molecular complexity index is 439. The van der Waals surface area contributed by atoms with Crippen LogP contribution in [0.2, 0.25) is 5.02 Å². The molecular weight excluding hydrogens is 212 g/mol. The van der Waals surface area contributed by atoms with Crippen molar-refractivity contribution in [2.24, 2.45) is 0 Å². The number of anilines is 1. The average molecular weight is 223 g/mol. The van der Waals surface area contributed by atoms with Gasteiger partial charge in [0.25, 0.3) is 0 Å². The molecule has 4 nitrogen and oxygen atoms in total. The molecule has 0 aliphatic heterocycles. The molecule has 78 valence electrons. The van der Waals surface area contributed by atoms with E-state index in [0.717, 1.165) is 11.5 Å². The molecule has 0 aliphatic rings. The predicted molar refractivity (Wildman–Crippen MR) is 60.1 cm³/mol. The number of hydrogen-bond acceptors (Lipinski definition) is 3. The van der Waals surface area contributed by atoms with Gasteiger partial charge in [-0.25, -0.2) is 4.98 Å². The minimum absolute atomic E-state index is 0.585. The molecule has 2 heterocycles. The zero-order valence-corrected chi connectivity index (χ0v) is 9.07. The molecule has 2 aromatic rings. The molecule has 2 rings (SSSR count). The van der Waals surface area contributed by atoms with Crippen molar-refractivity contribution in [2.45, 2.75) is 6.54 Å². The summed E-state index contributed by atoms with van der Waals surface area (Å²) >= 11 is 6.04. The van der Waals surface area contributed by atoms with Gasteiger partial charge < -0.3 is 5.32 Å². The van der Waals surface area contributed by atoms with Crippen molar-refractivity contribution in [1.82, 2.24) is 14.8 Å². The highest BCUT2D eigenvalue weighted by molar-refractivity contribution is 6.31. The Morgan fingerprint density at radius 1 is 1.47 bits per heavy atom. The third-order valence-corrected chi connectivity index (χ3v) is 2.39. The van der Waals surface area contributed by atoms with E-state index in [0.29, 0.717) is 11.6 Å². The van der Waals surface area contributed by atoms with Gasteiger partial charge in [-0.05, 0) is 18.2 Å². The van der Waals surface area contributed by atoms with E-state index < -0.39 is 0 Å². The van der Waals surface area contributed by atoms with Gasteiger partial charge in [-0.2, -0.15) is 5.10 Å². The van der Waals surface area contributed by atoms with Gasteiger partial charge in [-0.3, -0.25) is 4.68 Å². The lowest BCUT2D eigenvalue weighted by Crippen LogP contribution is -2.04. The molecule has 0 aromatic carbocycles. The van der Waals surface area contributed by atoms with Crippen molar-refractivity contribution in [3.63, 3.8) is 0 Å². The summed E-state index contributed by atoms with van der Waals surface area (Å²) in [6, 6.07) is 5.55. The van der Waals surface area contributed by atoms with Gasteiger partial charge in [0.05, 0.1) is 17.3 Å². The summed E-state index contributed by atoms with van der Waals surface area (Å²) in [6.45, 7) is 0.585. The summed E-state index contributed by atoms with van der Waals surface area (Å²) in [7, 11) is 1.83. The van der Waals surface area contributed by atoms with E-state index in [1.807, 2.05) is 31.4 Å². The average Bonchev–Trinajstić information content (AvgIpc) is 2.74. The monoisotopic (exact) mass is 222 g/mol. The van der Waals surface area contributed by atoms with Gasteiger partial charge in [0.15, 0.2) is 0 Å². The summed E-state index contributed by atoms with van der Waals surface area (Å²) in [5.41, 5.74) is 0.812. The highest BCUT2D eigenvalue weighted by atomic mass is 35.5. The molecule has 0 saturated carbocycles. The summed E-state index contributed by atoms with van der Waals surface area (Å²) in [6.07, 6.45) is 3.61. The molecule has 0 atom stereocenters. The number of pyridine rings is 1. The van der Waals surface area contributed by atoms with Crippen LogP contribution in [-0.2, 0) is 6.54 Å². The highest BCUT2D eigenvalue weighted by Gasteiger charge is 2.04. The molecule has 0 fully saturated rings. The predicted octanol–water partition coefficient (Wildman–Crippen LogP) is 2.02. The number of hydrogen-bond donors (Lipinski definition) is 1. The lowest BCUT2D eigenvalue weighted by atomic mass is 10.3. The van der Waals surface area contributed by atoms with E-state index >= 15 is 0 Å². The SMILES string of the molecule is CNc1ccc(Cl)c(Cn2cccn2)n1. The lowest BCUT2D eigenvalue weighted by Gasteiger charge is -2.06. The summed E-state index contributed by atoms with van der Waals surface area (Å²) in [5, 5.41) is 7.74. The van der Waals surface area contributed by atoms with E-state index in [2.05, 4.69) is 15.4 Å². The first-order valence-corrected chi connectivity index (χ1v) is 4.98. The van der Waals surface area contributed by atoms with Gasteiger partial charge in [-0.1, -0.05) is 11.6 Å². The molecular formula is C10H11ClN4. The maximum absolute atomic E-state index is 6.04. The van der Waals surface area contributed by atoms with Crippen LogP contribution in [0.25, 0.3) is 0 Å². The summed E-state index contributed by atoms with van der Waals surface area (Å²) in [5.74, 6) is 0.807. The van der Waals surface area contributed by atoms with E-state index in [4.69, 9.17) is 11.6 Å². The van der Waals surface area contributed by atoms with Crippen LogP contribution >= 0.6 is 11.6 Å². The Hall–Kier alpha value is -1.55. The van der Waals surface area contributed by atoms with Crippen molar-refractivity contribution in [2.75, 3.05) is 12.4 Å². The lowest BCUT2D eigenvalue weighted by molar-refractivity contribution is 0.673. The van der Waals surface area contributed by atoms with Crippen LogP contribution in [0.1, 0.15) is 5.69 Å². The molecule has 5 heteroatoms. The first kappa shape index (κ1) is 9.98. The molecule has 0 aliphatic carbocycles. The number of nitrogens with one attached hydrogen (secondary N) is 1. The van der Waals surface area contributed by atoms with Crippen LogP contribution in [0.15, 0.2) is 30.6 Å². The topological polar surface area (TPSA) is 42.7 Å². The minimum Gasteiger partial charge on any atom is -0.373 e. The van der Waals surface area contributed by atoms with Gasteiger partial charge in [-0.15, -0.1) is 0 Å². The second-order valence-corrected chi connectivity index (χ2v) is 3.49. The molecule has 1 N–H and O–H groups in total. The fourth-order valence-electron chi connectivity index (χ4n) is 1.28. The Morgan fingerprint density at radius 2 is 2.33 bits per heavy atom. The first-order valence-electron chi connectivity index (χ1n) is 4.60. The van der Waals surface area contributed by atoms with Crippen LogP contribution in [0.5, 0.6) is 0 Å². The summed E-state index contributed by atoms with van der Waals surface area (Å²) < 4.78 is 1.79. The summed E-state index contributed by atoms with van der Waals surface area (Å²) in [4.78, 5) is 4.36. The van der Waals surface area contributed by atoms with Crippen LogP contribution in [-0.4, -0.2) is 21.8 Å². The minimum atomic E-state index is 0.585. The standard InChI is InChI=1S/C10H11ClN4/c1-12-10-4-3-8(11)9(14-10)7-15-6-2-5-13-15/h2-6H,7H2,1H3,(H,12,14). The number of halogens is 1. The smallest absolute Gasteiger partial charge is 0.126 e. The zero-order chi connectivity index (χ0) is 10.7. The molecule has 0 radical (unpaired) electrons. The van der Waals surface area contributed by atoms with Gasteiger partial charge in [0.2, 0.25) is 0 Å². The van der Waals surface area contributed by atoms with E-state index in [1.54, 1.807) is 10.9 Å². The maximum atomic E-state index is 6.04. The highest BCUT2D eigenvalue weighted by Crippen LogP contribution is 2.17. The molecule has 2 aromatic heterocycles. The van der Waals surface area contributed by atoms with Gasteiger partial charge in [0, 0.05) is 19.4 Å². The Labute approximate surface area is 92.9 Å². The number of rotatable bonds is 3. The number of nitrogens with zero attached hydrogens (tertiary/aromatic N) is 3. The van der Waals surface area contributed by atoms with Crippen LogP contribution < -0.4 is 5.32 Å². The van der Waals surface area contributed by atoms with E-state index in [1.165, 1.54) is 0 Å². The van der Waals surface area contributed by atoms with E-state index in [9.17, 15) is 0 Å². The first-order chi connectivity index (χ1) is 7.29. The molecule has 0 saturated heterocycles. The van der Waals surface area contributed by atoms with Crippen LogP contribution in [0.3, 0.4) is 0 Å². The molecule has 0 amide bonds. The van der Waals surface area contributed by atoms with Crippen molar-refractivity contribution in [3.05, 3.63) is 41.3 Å². The quantitative estimate of drug-likeness (QED) is 0.864. The third-order valence-electron chi connectivity index (χ3n) is 2.05. The molecule has 0 bridgehead atoms. The molecule has 0 unspecified atom stereocenters. The van der Waals surface area contributed by atoms with Gasteiger partial charge >= 0.3 is 0 Å². The normalized spacial score (nSPS) is 10.3.